The average Bonchev–Trinajstić information content (AvgIpc) is 3.06. The molecule has 1 aromatic rings. The van der Waals surface area contributed by atoms with Gasteiger partial charge in [-0.1, -0.05) is 13.8 Å². The zero-order valence-corrected chi connectivity index (χ0v) is 17.1. The Morgan fingerprint density at radius 3 is 2.48 bits per heavy atom. The summed E-state index contributed by atoms with van der Waals surface area (Å²) >= 11 is 0. The highest BCUT2D eigenvalue weighted by atomic mass is 35.5. The van der Waals surface area contributed by atoms with E-state index in [1.165, 1.54) is 0 Å². The number of piperidine rings is 1. The Bertz CT molecular complexity index is 634. The molecule has 8 heteroatoms. The van der Waals surface area contributed by atoms with E-state index in [0.717, 1.165) is 39.0 Å². The summed E-state index contributed by atoms with van der Waals surface area (Å²) in [5, 5.41) is 10.9. The van der Waals surface area contributed by atoms with E-state index in [2.05, 4.69) is 34.3 Å². The first-order valence-electron chi connectivity index (χ1n) is 9.54. The molecule has 0 aliphatic carbocycles. The van der Waals surface area contributed by atoms with Gasteiger partial charge in [-0.25, -0.2) is 0 Å². The van der Waals surface area contributed by atoms with Crippen molar-refractivity contribution in [1.82, 2.24) is 25.3 Å². The van der Waals surface area contributed by atoms with E-state index in [1.807, 2.05) is 4.90 Å². The molecule has 2 fully saturated rings. The largest absolute Gasteiger partial charge is 0.346 e. The Hall–Kier alpha value is -1.73. The third-order valence-electron chi connectivity index (χ3n) is 5.80. The van der Waals surface area contributed by atoms with Gasteiger partial charge in [-0.3, -0.25) is 14.5 Å². The van der Waals surface area contributed by atoms with Crippen molar-refractivity contribution < 1.29 is 9.59 Å². The second kappa shape index (κ2) is 9.46. The molecule has 1 aromatic heterocycles. The Morgan fingerprint density at radius 1 is 1.22 bits per heavy atom. The summed E-state index contributed by atoms with van der Waals surface area (Å²) in [6, 6.07) is 4.03. The van der Waals surface area contributed by atoms with Gasteiger partial charge >= 0.3 is 0 Å². The van der Waals surface area contributed by atoms with Gasteiger partial charge in [0, 0.05) is 51.4 Å². The second-order valence-corrected chi connectivity index (χ2v) is 7.79. The summed E-state index contributed by atoms with van der Waals surface area (Å²) in [5.41, 5.74) is 0.364. The molecule has 150 valence electrons. The fraction of sp³-hybridized carbons (Fsp3) is 0.684. The summed E-state index contributed by atoms with van der Waals surface area (Å²) in [4.78, 5) is 28.5. The molecule has 0 unspecified atom stereocenters. The topological polar surface area (TPSA) is 78.4 Å². The van der Waals surface area contributed by atoms with Gasteiger partial charge in [0.15, 0.2) is 5.69 Å². The van der Waals surface area contributed by atoms with E-state index < -0.39 is 0 Å². The van der Waals surface area contributed by atoms with Gasteiger partial charge < -0.3 is 10.2 Å². The van der Waals surface area contributed by atoms with Gasteiger partial charge in [-0.05, 0) is 36.8 Å². The van der Waals surface area contributed by atoms with Crippen LogP contribution in [0.5, 0.6) is 0 Å². The number of carbonyl (C=O) groups is 2. The smallest absolute Gasteiger partial charge is 0.272 e. The van der Waals surface area contributed by atoms with Crippen LogP contribution in [0.1, 0.15) is 44.1 Å². The van der Waals surface area contributed by atoms with Crippen molar-refractivity contribution in [3.05, 3.63) is 24.0 Å². The molecule has 0 radical (unpaired) electrons. The Morgan fingerprint density at radius 2 is 1.93 bits per heavy atom. The van der Waals surface area contributed by atoms with Crippen LogP contribution in [0.25, 0.3) is 0 Å². The predicted octanol–water partition coefficient (Wildman–Crippen LogP) is 1.60. The highest BCUT2D eigenvalue weighted by molar-refractivity contribution is 5.92. The highest BCUT2D eigenvalue weighted by Gasteiger charge is 2.39. The van der Waals surface area contributed by atoms with E-state index in [0.29, 0.717) is 23.6 Å². The van der Waals surface area contributed by atoms with Crippen LogP contribution in [-0.4, -0.2) is 70.1 Å². The number of aromatic nitrogens is 2. The Kier molecular flexibility index (Phi) is 7.56. The third kappa shape index (κ3) is 5.17. The molecular weight excluding hydrogens is 366 g/mol. The van der Waals surface area contributed by atoms with E-state index in [9.17, 15) is 9.59 Å². The number of hydrogen-bond acceptors (Lipinski definition) is 5. The van der Waals surface area contributed by atoms with Crippen LogP contribution in [0.15, 0.2) is 18.3 Å². The number of rotatable bonds is 4. The first-order chi connectivity index (χ1) is 12.5. The van der Waals surface area contributed by atoms with Crippen molar-refractivity contribution in [3.63, 3.8) is 0 Å². The van der Waals surface area contributed by atoms with Crippen molar-refractivity contribution in [2.45, 2.75) is 45.7 Å². The number of hydrogen-bond donors (Lipinski definition) is 1. The lowest BCUT2D eigenvalue weighted by molar-refractivity contribution is -0.130. The van der Waals surface area contributed by atoms with Crippen LogP contribution in [0.2, 0.25) is 0 Å². The van der Waals surface area contributed by atoms with Gasteiger partial charge in [0.25, 0.3) is 5.91 Å². The molecular formula is C19H30ClN5O2. The third-order valence-corrected chi connectivity index (χ3v) is 5.80. The number of nitrogens with zero attached hydrogens (tertiary/aromatic N) is 4. The quantitative estimate of drug-likeness (QED) is 0.837. The van der Waals surface area contributed by atoms with E-state index in [1.54, 1.807) is 25.3 Å². The summed E-state index contributed by atoms with van der Waals surface area (Å²) in [6.07, 6.45) is 3.59. The molecule has 2 aliphatic rings. The van der Waals surface area contributed by atoms with Crippen molar-refractivity contribution in [2.75, 3.05) is 26.2 Å². The fourth-order valence-electron chi connectivity index (χ4n) is 4.20. The van der Waals surface area contributed by atoms with Crippen LogP contribution < -0.4 is 5.32 Å². The van der Waals surface area contributed by atoms with Gasteiger partial charge in [0.1, 0.15) is 0 Å². The first-order valence-corrected chi connectivity index (χ1v) is 9.54. The monoisotopic (exact) mass is 395 g/mol. The number of nitrogens with one attached hydrogen (secondary N) is 1. The Labute approximate surface area is 167 Å². The number of likely N-dealkylation sites (tertiary alicyclic amines) is 2. The summed E-state index contributed by atoms with van der Waals surface area (Å²) < 4.78 is 0. The van der Waals surface area contributed by atoms with Gasteiger partial charge in [0.05, 0.1) is 0 Å². The fourth-order valence-corrected chi connectivity index (χ4v) is 4.20. The van der Waals surface area contributed by atoms with Crippen molar-refractivity contribution >= 4 is 24.2 Å². The molecule has 2 aliphatic heterocycles. The minimum atomic E-state index is -0.151. The van der Waals surface area contributed by atoms with Crippen LogP contribution in [0.3, 0.4) is 0 Å². The number of amides is 2. The van der Waals surface area contributed by atoms with Crippen LogP contribution in [0.4, 0.5) is 0 Å². The SMILES string of the molecule is CC(=O)N1CCC(N2C[C@H](NC(=O)c3cccnn3)[C@@H](C(C)C)C2)CC1.Cl. The van der Waals surface area contributed by atoms with Gasteiger partial charge in [-0.15, -0.1) is 17.5 Å². The summed E-state index contributed by atoms with van der Waals surface area (Å²) in [7, 11) is 0. The molecule has 7 nitrogen and oxygen atoms in total. The van der Waals surface area contributed by atoms with Crippen LogP contribution >= 0.6 is 12.4 Å². The van der Waals surface area contributed by atoms with Crippen LogP contribution in [0, 0.1) is 11.8 Å². The maximum Gasteiger partial charge on any atom is 0.272 e. The van der Waals surface area contributed by atoms with Gasteiger partial charge in [-0.2, -0.15) is 5.10 Å². The maximum atomic E-state index is 12.5. The average molecular weight is 396 g/mol. The summed E-state index contributed by atoms with van der Waals surface area (Å²) in [6.45, 7) is 9.59. The molecule has 2 atom stereocenters. The lowest BCUT2D eigenvalue weighted by Gasteiger charge is -2.36. The molecule has 0 spiro atoms. The summed E-state index contributed by atoms with van der Waals surface area (Å²) in [5.74, 6) is 0.923. The number of halogens is 1. The maximum absolute atomic E-state index is 12.5. The molecule has 3 rings (SSSR count). The molecule has 2 amide bonds. The highest BCUT2D eigenvalue weighted by Crippen LogP contribution is 2.29. The van der Waals surface area contributed by atoms with Crippen molar-refractivity contribution in [1.29, 1.82) is 0 Å². The van der Waals surface area contributed by atoms with Crippen molar-refractivity contribution in [3.8, 4) is 0 Å². The van der Waals surface area contributed by atoms with Gasteiger partial charge in [0.2, 0.25) is 5.91 Å². The predicted molar refractivity (Wildman–Crippen MR) is 106 cm³/mol. The molecule has 1 N–H and O–H groups in total. The first kappa shape index (κ1) is 21.6. The van der Waals surface area contributed by atoms with Crippen LogP contribution in [-0.2, 0) is 4.79 Å². The lowest BCUT2D eigenvalue weighted by atomic mass is 9.91. The van der Waals surface area contributed by atoms with E-state index in [4.69, 9.17) is 0 Å². The second-order valence-electron chi connectivity index (χ2n) is 7.79. The zero-order valence-electron chi connectivity index (χ0n) is 16.3. The molecule has 0 aromatic carbocycles. The van der Waals surface area contributed by atoms with Crippen molar-refractivity contribution in [2.24, 2.45) is 11.8 Å². The standard InChI is InChI=1S/C19H29N5O2.ClH/c1-13(2)16-11-24(15-6-9-23(10-7-15)14(3)25)12-18(16)21-19(26)17-5-4-8-20-22-17;/h4-5,8,13,15-16,18H,6-7,9-12H2,1-3H3,(H,21,26);1H/t16-,18+;/m1./s1. The van der Waals surface area contributed by atoms with E-state index in [-0.39, 0.29) is 30.3 Å². The zero-order chi connectivity index (χ0) is 18.7. The molecule has 0 saturated carbocycles. The number of carbonyl (C=O) groups excluding carboxylic acids is 2. The minimum absolute atomic E-state index is 0. The normalized spacial score (nSPS) is 23.9. The molecule has 27 heavy (non-hydrogen) atoms. The molecule has 3 heterocycles. The minimum Gasteiger partial charge on any atom is -0.346 e. The van der Waals surface area contributed by atoms with E-state index >= 15 is 0 Å². The Balaban J connectivity index is 0.00000261. The lowest BCUT2D eigenvalue weighted by Crippen LogP contribution is -2.46. The molecule has 0 bridgehead atoms. The molecule has 2 saturated heterocycles.